The summed E-state index contributed by atoms with van der Waals surface area (Å²) in [5.41, 5.74) is 6.08. The van der Waals surface area contributed by atoms with Crippen LogP contribution in [0.2, 0.25) is 0 Å². The Morgan fingerprint density at radius 2 is 1.29 bits per heavy atom. The van der Waals surface area contributed by atoms with Gasteiger partial charge in [0.05, 0.1) is 22.5 Å². The molecule has 0 saturated carbocycles. The molecule has 0 aromatic carbocycles. The van der Waals surface area contributed by atoms with Crippen LogP contribution in [0.1, 0.15) is 37.9 Å². The van der Waals surface area contributed by atoms with Crippen LogP contribution < -0.4 is 21.7 Å². The lowest BCUT2D eigenvalue weighted by molar-refractivity contribution is -0.384. The summed E-state index contributed by atoms with van der Waals surface area (Å²) in [6, 6.07) is 4.08. The van der Waals surface area contributed by atoms with Gasteiger partial charge >= 0.3 is 0 Å². The number of carbonyl (C=O) groups excluding carboxylic acids is 4. The first-order valence-corrected chi connectivity index (χ1v) is 10.3. The molecule has 35 heavy (non-hydrogen) atoms. The van der Waals surface area contributed by atoms with E-state index >= 15 is 0 Å². The Kier molecular flexibility index (Phi) is 7.03. The van der Waals surface area contributed by atoms with Gasteiger partial charge in [0.1, 0.15) is 17.1 Å². The van der Waals surface area contributed by atoms with Crippen LogP contribution in [-0.4, -0.2) is 48.8 Å². The molecule has 0 aliphatic heterocycles. The number of hydrogen-bond acceptors (Lipinski definition) is 6. The highest BCUT2D eigenvalue weighted by molar-refractivity contribution is 6.07. The number of aryl methyl sites for hydroxylation is 3. The number of nitro groups is 1. The third kappa shape index (κ3) is 5.73. The second kappa shape index (κ2) is 9.94. The monoisotopic (exact) mass is 484 g/mol. The van der Waals surface area contributed by atoms with Crippen LogP contribution in [0.5, 0.6) is 0 Å². The molecule has 0 spiro atoms. The Morgan fingerprint density at radius 1 is 0.829 bits per heavy atom. The highest BCUT2D eigenvalue weighted by atomic mass is 16.6. The molecule has 0 fully saturated rings. The van der Waals surface area contributed by atoms with Gasteiger partial charge < -0.3 is 35.4 Å². The number of rotatable bonds is 9. The summed E-state index contributed by atoms with van der Waals surface area (Å²) in [6.45, 7) is 0.0923. The van der Waals surface area contributed by atoms with E-state index in [-0.39, 0.29) is 35.7 Å². The van der Waals surface area contributed by atoms with Crippen LogP contribution in [0.3, 0.4) is 0 Å². The minimum Gasteiger partial charge on any atom is -0.370 e. The first kappa shape index (κ1) is 24.8. The van der Waals surface area contributed by atoms with Gasteiger partial charge in [-0.1, -0.05) is 0 Å². The van der Waals surface area contributed by atoms with Crippen LogP contribution in [-0.2, 0) is 25.9 Å². The van der Waals surface area contributed by atoms with Gasteiger partial charge in [-0.2, -0.15) is 0 Å². The molecule has 0 unspecified atom stereocenters. The SMILES string of the molecule is Cn1cc(NC(=O)c2cc(NC(=O)c3cc([N+](=O)[O-])cn3C)cn2C)cc1C(=O)NCCC(N)=O. The quantitative estimate of drug-likeness (QED) is 0.256. The Hall–Kier alpha value is -4.88. The number of aromatic nitrogens is 3. The number of anilines is 2. The van der Waals surface area contributed by atoms with E-state index in [9.17, 15) is 29.3 Å². The maximum absolute atomic E-state index is 12.8. The van der Waals surface area contributed by atoms with E-state index < -0.39 is 28.6 Å². The largest absolute Gasteiger partial charge is 0.370 e. The summed E-state index contributed by atoms with van der Waals surface area (Å²) in [5, 5.41) is 18.8. The molecular weight excluding hydrogens is 460 g/mol. The van der Waals surface area contributed by atoms with Crippen molar-refractivity contribution in [2.45, 2.75) is 6.42 Å². The molecule has 3 aromatic rings. The number of nitrogens with one attached hydrogen (secondary N) is 3. The maximum Gasteiger partial charge on any atom is 0.287 e. The molecule has 5 N–H and O–H groups in total. The van der Waals surface area contributed by atoms with Crippen molar-refractivity contribution in [2.24, 2.45) is 26.9 Å². The van der Waals surface area contributed by atoms with E-state index in [1.165, 1.54) is 45.3 Å². The second-order valence-corrected chi connectivity index (χ2v) is 7.78. The standard InChI is InChI=1S/C21H24N8O6/c1-26-9-12(6-15(26)19(31)23-5-4-18(22)30)24-20(32)16-7-13(10-27(16)2)25-21(33)17-8-14(29(34)35)11-28(17)3/h6-11H,4-5H2,1-3H3,(H2,22,30)(H,23,31)(H,24,32)(H,25,33). The molecule has 0 aliphatic carbocycles. The summed E-state index contributed by atoms with van der Waals surface area (Å²) < 4.78 is 4.35. The van der Waals surface area contributed by atoms with Crippen molar-refractivity contribution in [1.82, 2.24) is 19.0 Å². The van der Waals surface area contributed by atoms with Crippen LogP contribution >= 0.6 is 0 Å². The molecule has 14 heteroatoms. The molecule has 0 radical (unpaired) electrons. The average Bonchev–Trinajstić information content (AvgIpc) is 3.44. The first-order valence-electron chi connectivity index (χ1n) is 10.3. The molecule has 0 aliphatic rings. The summed E-state index contributed by atoms with van der Waals surface area (Å²) >= 11 is 0. The molecular formula is C21H24N8O6. The molecule has 4 amide bonds. The van der Waals surface area contributed by atoms with Gasteiger partial charge in [-0.25, -0.2) is 0 Å². The Balaban J connectivity index is 1.68. The van der Waals surface area contributed by atoms with Crippen molar-refractivity contribution in [3.63, 3.8) is 0 Å². The van der Waals surface area contributed by atoms with Crippen molar-refractivity contribution in [3.05, 3.63) is 64.0 Å². The molecule has 3 heterocycles. The lowest BCUT2D eigenvalue weighted by Gasteiger charge is -2.04. The van der Waals surface area contributed by atoms with Gasteiger partial charge in [0.25, 0.3) is 23.4 Å². The first-order chi connectivity index (χ1) is 16.5. The summed E-state index contributed by atoms with van der Waals surface area (Å²) in [4.78, 5) is 58.7. The number of amides is 4. The normalized spacial score (nSPS) is 10.6. The lowest BCUT2D eigenvalue weighted by atomic mass is 10.3. The zero-order valence-corrected chi connectivity index (χ0v) is 19.2. The van der Waals surface area contributed by atoms with Gasteiger partial charge in [0.15, 0.2) is 0 Å². The minimum absolute atomic E-state index is 0.00704. The Bertz CT molecular complexity index is 1330. The maximum atomic E-state index is 12.8. The predicted octanol–water partition coefficient (Wildman–Crippen LogP) is 0.720. The molecule has 184 valence electrons. The van der Waals surface area contributed by atoms with E-state index in [0.717, 1.165) is 6.07 Å². The van der Waals surface area contributed by atoms with E-state index in [1.54, 1.807) is 20.3 Å². The number of hydrogen-bond donors (Lipinski definition) is 4. The van der Waals surface area contributed by atoms with Gasteiger partial charge in [-0.15, -0.1) is 0 Å². The van der Waals surface area contributed by atoms with Crippen LogP contribution in [0.15, 0.2) is 36.8 Å². The lowest BCUT2D eigenvalue weighted by Crippen LogP contribution is -2.29. The zero-order chi connectivity index (χ0) is 25.9. The van der Waals surface area contributed by atoms with E-state index in [0.29, 0.717) is 11.4 Å². The summed E-state index contributed by atoms with van der Waals surface area (Å²) in [7, 11) is 4.75. The van der Waals surface area contributed by atoms with Crippen molar-refractivity contribution in [3.8, 4) is 0 Å². The number of nitrogens with zero attached hydrogens (tertiary/aromatic N) is 4. The van der Waals surface area contributed by atoms with Crippen molar-refractivity contribution >= 4 is 40.7 Å². The van der Waals surface area contributed by atoms with Gasteiger partial charge in [0, 0.05) is 52.6 Å². The fraction of sp³-hybridized carbons (Fsp3) is 0.238. The zero-order valence-electron chi connectivity index (χ0n) is 19.2. The number of primary amides is 1. The minimum atomic E-state index is -0.596. The van der Waals surface area contributed by atoms with Crippen LogP contribution in [0.25, 0.3) is 0 Å². The topological polar surface area (TPSA) is 188 Å². The second-order valence-electron chi connectivity index (χ2n) is 7.78. The van der Waals surface area contributed by atoms with Crippen molar-refractivity contribution < 1.29 is 24.1 Å². The number of carbonyl (C=O) groups is 4. The van der Waals surface area contributed by atoms with Gasteiger partial charge in [0.2, 0.25) is 5.91 Å². The molecule has 0 saturated heterocycles. The molecule has 14 nitrogen and oxygen atoms in total. The predicted molar refractivity (Wildman–Crippen MR) is 125 cm³/mol. The van der Waals surface area contributed by atoms with Crippen molar-refractivity contribution in [1.29, 1.82) is 0 Å². The van der Waals surface area contributed by atoms with Gasteiger partial charge in [-0.05, 0) is 12.1 Å². The highest BCUT2D eigenvalue weighted by Gasteiger charge is 2.20. The van der Waals surface area contributed by atoms with Crippen LogP contribution in [0.4, 0.5) is 17.1 Å². The molecule has 0 atom stereocenters. The third-order valence-corrected chi connectivity index (χ3v) is 5.08. The summed E-state index contributed by atoms with van der Waals surface area (Å²) in [5.74, 6) is -2.03. The van der Waals surface area contributed by atoms with E-state index in [4.69, 9.17) is 5.73 Å². The fourth-order valence-electron chi connectivity index (χ4n) is 3.37. The Morgan fingerprint density at radius 3 is 1.74 bits per heavy atom. The van der Waals surface area contributed by atoms with E-state index in [2.05, 4.69) is 16.0 Å². The van der Waals surface area contributed by atoms with Crippen LogP contribution in [0, 0.1) is 10.1 Å². The average molecular weight is 484 g/mol. The molecule has 3 aromatic heterocycles. The third-order valence-electron chi connectivity index (χ3n) is 5.08. The molecule has 3 rings (SSSR count). The number of nitrogens with two attached hydrogens (primary N) is 1. The van der Waals surface area contributed by atoms with Crippen molar-refractivity contribution in [2.75, 3.05) is 17.2 Å². The van der Waals surface area contributed by atoms with E-state index in [1.807, 2.05) is 0 Å². The summed E-state index contributed by atoms with van der Waals surface area (Å²) in [6.07, 6.45) is 4.31. The fourth-order valence-corrected chi connectivity index (χ4v) is 3.37. The molecule has 0 bridgehead atoms. The smallest absolute Gasteiger partial charge is 0.287 e. The Labute approximate surface area is 198 Å². The van der Waals surface area contributed by atoms with Gasteiger partial charge in [-0.3, -0.25) is 29.3 Å². The highest BCUT2D eigenvalue weighted by Crippen LogP contribution is 2.20.